The lowest BCUT2D eigenvalue weighted by molar-refractivity contribution is 0.213. The SMILES string of the molecule is CN(Cc1cccc(F)c1)C1CCc2[nH]n(-c3ccccn3)c(=O)c2C1. The number of pyridine rings is 1. The molecule has 1 aliphatic carbocycles. The summed E-state index contributed by atoms with van der Waals surface area (Å²) < 4.78 is 14.9. The molecule has 3 aromatic rings. The van der Waals surface area contributed by atoms with E-state index in [0.29, 0.717) is 18.8 Å². The Labute approximate surface area is 151 Å². The van der Waals surface area contributed by atoms with Crippen LogP contribution in [0.3, 0.4) is 0 Å². The molecule has 0 saturated heterocycles. The van der Waals surface area contributed by atoms with Gasteiger partial charge in [0.2, 0.25) is 0 Å². The molecule has 0 bridgehead atoms. The van der Waals surface area contributed by atoms with Crippen LogP contribution in [0, 0.1) is 5.82 Å². The van der Waals surface area contributed by atoms with Gasteiger partial charge < -0.3 is 0 Å². The lowest BCUT2D eigenvalue weighted by Gasteiger charge is -2.30. The zero-order chi connectivity index (χ0) is 18.1. The number of rotatable bonds is 4. The Bertz CT molecular complexity index is 963. The summed E-state index contributed by atoms with van der Waals surface area (Å²) in [5.41, 5.74) is 2.75. The number of fused-ring (bicyclic) bond motifs is 1. The molecule has 1 aliphatic rings. The van der Waals surface area contributed by atoms with Crippen LogP contribution in [0.1, 0.15) is 23.2 Å². The van der Waals surface area contributed by atoms with Gasteiger partial charge in [0.05, 0.1) is 0 Å². The van der Waals surface area contributed by atoms with Gasteiger partial charge in [-0.2, -0.15) is 0 Å². The second-order valence-corrected chi connectivity index (χ2v) is 6.84. The Hall–Kier alpha value is -2.73. The maximum absolute atomic E-state index is 13.4. The van der Waals surface area contributed by atoms with Crippen molar-refractivity contribution in [3.63, 3.8) is 0 Å². The number of benzene rings is 1. The fourth-order valence-electron chi connectivity index (χ4n) is 3.66. The molecule has 0 saturated carbocycles. The van der Waals surface area contributed by atoms with Crippen molar-refractivity contribution in [1.82, 2.24) is 19.7 Å². The number of H-pyrrole nitrogens is 1. The average Bonchev–Trinajstić information content (AvgIpc) is 2.99. The van der Waals surface area contributed by atoms with Crippen molar-refractivity contribution in [3.8, 4) is 5.82 Å². The van der Waals surface area contributed by atoms with Gasteiger partial charge in [-0.25, -0.2) is 14.1 Å². The first-order chi connectivity index (χ1) is 12.6. The molecule has 5 nitrogen and oxygen atoms in total. The predicted molar refractivity (Wildman–Crippen MR) is 97.9 cm³/mol. The van der Waals surface area contributed by atoms with Crippen LogP contribution >= 0.6 is 0 Å². The Balaban J connectivity index is 1.54. The number of hydrogen-bond donors (Lipinski definition) is 1. The fourth-order valence-corrected chi connectivity index (χ4v) is 3.66. The van der Waals surface area contributed by atoms with Crippen molar-refractivity contribution >= 4 is 0 Å². The van der Waals surface area contributed by atoms with Crippen molar-refractivity contribution in [3.05, 3.63) is 81.7 Å². The number of halogens is 1. The van der Waals surface area contributed by atoms with Gasteiger partial charge in [-0.15, -0.1) is 0 Å². The van der Waals surface area contributed by atoms with E-state index in [1.54, 1.807) is 18.3 Å². The summed E-state index contributed by atoms with van der Waals surface area (Å²) in [5, 5.41) is 3.21. The summed E-state index contributed by atoms with van der Waals surface area (Å²) in [4.78, 5) is 19.3. The van der Waals surface area contributed by atoms with Crippen molar-refractivity contribution < 1.29 is 4.39 Å². The zero-order valence-corrected chi connectivity index (χ0v) is 14.7. The normalized spacial score (nSPS) is 16.7. The van der Waals surface area contributed by atoms with Crippen LogP contribution < -0.4 is 5.56 Å². The second-order valence-electron chi connectivity index (χ2n) is 6.84. The van der Waals surface area contributed by atoms with Gasteiger partial charge in [-0.3, -0.25) is 14.8 Å². The number of aryl methyl sites for hydroxylation is 1. The molecule has 0 radical (unpaired) electrons. The third-order valence-corrected chi connectivity index (χ3v) is 5.06. The molecule has 26 heavy (non-hydrogen) atoms. The minimum atomic E-state index is -0.217. The van der Waals surface area contributed by atoms with Gasteiger partial charge in [-0.05, 0) is 56.1 Å². The Kier molecular flexibility index (Phi) is 4.42. The number of hydrogen-bond acceptors (Lipinski definition) is 3. The molecule has 0 fully saturated rings. The standard InChI is InChI=1S/C20H21FN4O/c1-24(13-14-5-4-6-15(21)11-14)16-8-9-18-17(12-16)20(26)25(23-18)19-7-2-3-10-22-19/h2-7,10-11,16,23H,8-9,12-13H2,1H3. The molecule has 134 valence electrons. The highest BCUT2D eigenvalue weighted by Crippen LogP contribution is 2.22. The smallest absolute Gasteiger partial charge is 0.276 e. The third-order valence-electron chi connectivity index (χ3n) is 5.06. The molecule has 1 N–H and O–H groups in total. The number of aromatic nitrogens is 3. The highest BCUT2D eigenvalue weighted by molar-refractivity contribution is 5.29. The summed E-state index contributed by atoms with van der Waals surface area (Å²) in [5.74, 6) is 0.391. The van der Waals surface area contributed by atoms with Crippen LogP contribution in [0.4, 0.5) is 4.39 Å². The largest absolute Gasteiger partial charge is 0.299 e. The summed E-state index contributed by atoms with van der Waals surface area (Å²) >= 11 is 0. The zero-order valence-electron chi connectivity index (χ0n) is 14.7. The van der Waals surface area contributed by atoms with Crippen LogP contribution in [0.5, 0.6) is 0 Å². The van der Waals surface area contributed by atoms with Gasteiger partial charge in [0.1, 0.15) is 5.82 Å². The minimum absolute atomic E-state index is 0.0254. The van der Waals surface area contributed by atoms with E-state index in [1.807, 2.05) is 31.3 Å². The summed E-state index contributed by atoms with van der Waals surface area (Å²) in [6, 6.07) is 12.4. The van der Waals surface area contributed by atoms with E-state index < -0.39 is 0 Å². The Morgan fingerprint density at radius 1 is 1.31 bits per heavy atom. The monoisotopic (exact) mass is 352 g/mol. The van der Waals surface area contributed by atoms with Gasteiger partial charge in [0.15, 0.2) is 5.82 Å². The lowest BCUT2D eigenvalue weighted by atomic mass is 9.92. The van der Waals surface area contributed by atoms with Crippen molar-refractivity contribution in [1.29, 1.82) is 0 Å². The van der Waals surface area contributed by atoms with Crippen LogP contribution in [0.2, 0.25) is 0 Å². The van der Waals surface area contributed by atoms with Crippen molar-refractivity contribution in [2.24, 2.45) is 0 Å². The average molecular weight is 352 g/mol. The van der Waals surface area contributed by atoms with Crippen molar-refractivity contribution in [2.45, 2.75) is 31.8 Å². The first-order valence-electron chi connectivity index (χ1n) is 8.80. The predicted octanol–water partition coefficient (Wildman–Crippen LogP) is 2.69. The maximum atomic E-state index is 13.4. The van der Waals surface area contributed by atoms with Gasteiger partial charge >= 0.3 is 0 Å². The van der Waals surface area contributed by atoms with E-state index in [9.17, 15) is 9.18 Å². The van der Waals surface area contributed by atoms with Crippen molar-refractivity contribution in [2.75, 3.05) is 7.05 Å². The van der Waals surface area contributed by atoms with Crippen LogP contribution in [0.15, 0.2) is 53.5 Å². The molecule has 6 heteroatoms. The first kappa shape index (κ1) is 16.7. The molecule has 0 aliphatic heterocycles. The number of nitrogens with one attached hydrogen (secondary N) is 1. The molecular weight excluding hydrogens is 331 g/mol. The molecule has 4 rings (SSSR count). The lowest BCUT2D eigenvalue weighted by Crippen LogP contribution is -2.37. The molecule has 1 aromatic carbocycles. The number of nitrogens with zero attached hydrogens (tertiary/aromatic N) is 3. The maximum Gasteiger partial charge on any atom is 0.276 e. The molecule has 0 spiro atoms. The number of aromatic amines is 1. The molecule has 1 unspecified atom stereocenters. The molecule has 0 amide bonds. The van der Waals surface area contributed by atoms with E-state index in [1.165, 1.54) is 10.7 Å². The van der Waals surface area contributed by atoms with Gasteiger partial charge in [0, 0.05) is 30.0 Å². The van der Waals surface area contributed by atoms with E-state index in [0.717, 1.165) is 29.7 Å². The minimum Gasteiger partial charge on any atom is -0.299 e. The van der Waals surface area contributed by atoms with Gasteiger partial charge in [-0.1, -0.05) is 18.2 Å². The quantitative estimate of drug-likeness (QED) is 0.785. The highest BCUT2D eigenvalue weighted by atomic mass is 19.1. The second kappa shape index (κ2) is 6.88. The molecule has 2 heterocycles. The van der Waals surface area contributed by atoms with Crippen LogP contribution in [-0.2, 0) is 19.4 Å². The van der Waals surface area contributed by atoms with Crippen LogP contribution in [0.25, 0.3) is 5.82 Å². The van der Waals surface area contributed by atoms with Gasteiger partial charge in [0.25, 0.3) is 5.56 Å². The fraction of sp³-hybridized carbons (Fsp3) is 0.300. The van der Waals surface area contributed by atoms with E-state index in [4.69, 9.17) is 0 Å². The summed E-state index contributed by atoms with van der Waals surface area (Å²) in [6.45, 7) is 0.663. The Morgan fingerprint density at radius 2 is 2.19 bits per heavy atom. The van der Waals surface area contributed by atoms with E-state index in [2.05, 4.69) is 15.0 Å². The highest BCUT2D eigenvalue weighted by Gasteiger charge is 2.27. The van der Waals surface area contributed by atoms with Crippen LogP contribution in [-0.4, -0.2) is 32.8 Å². The number of likely N-dealkylation sites (N-methyl/N-ethyl adjacent to an activating group) is 1. The first-order valence-corrected chi connectivity index (χ1v) is 8.80. The topological polar surface area (TPSA) is 53.9 Å². The molecular formula is C20H21FN4O. The summed E-state index contributed by atoms with van der Waals surface area (Å²) in [7, 11) is 2.03. The molecule has 1 atom stereocenters. The van der Waals surface area contributed by atoms with E-state index >= 15 is 0 Å². The van der Waals surface area contributed by atoms with E-state index in [-0.39, 0.29) is 17.4 Å². The third kappa shape index (κ3) is 3.20. The Morgan fingerprint density at radius 3 is 2.96 bits per heavy atom. The summed E-state index contributed by atoms with van der Waals surface area (Å²) in [6.07, 6.45) is 4.15. The molecule has 2 aromatic heterocycles.